The molecule has 2 aromatic heterocycles. The summed E-state index contributed by atoms with van der Waals surface area (Å²) >= 11 is 11.8. The molecule has 8 heteroatoms. The number of H-pyrrole nitrogens is 1. The summed E-state index contributed by atoms with van der Waals surface area (Å²) in [5.74, 6) is -0.0716. The highest BCUT2D eigenvalue weighted by Gasteiger charge is 2.14. The smallest absolute Gasteiger partial charge is 0.292 e. The predicted molar refractivity (Wildman–Crippen MR) is 115 cm³/mol. The maximum absolute atomic E-state index is 12.3. The minimum absolute atomic E-state index is 0.00440. The molecule has 0 fully saturated rings. The van der Waals surface area contributed by atoms with Gasteiger partial charge in [0.1, 0.15) is 0 Å². The molecule has 29 heavy (non-hydrogen) atoms. The van der Waals surface area contributed by atoms with E-state index in [2.05, 4.69) is 27.0 Å². The molecule has 2 N–H and O–H groups in total. The van der Waals surface area contributed by atoms with Crippen LogP contribution < -0.4 is 5.32 Å². The summed E-state index contributed by atoms with van der Waals surface area (Å²) in [4.78, 5) is 19.6. The van der Waals surface area contributed by atoms with Crippen LogP contribution in [0.3, 0.4) is 0 Å². The van der Waals surface area contributed by atoms with Crippen LogP contribution in [-0.2, 0) is 12.8 Å². The standard InChI is InChI=1S/C21H20Cl2N4O2/c1-13(4-3-5-14(2)22)10-19-26-20(27-29-19)21(28)24-9-8-15-12-25-18-7-6-16(23)11-17(15)18/h3-7,11-12,25H,1,8-10H2,2H3,(H,24,28)/b4-3-,14-5+. The van der Waals surface area contributed by atoms with Crippen molar-refractivity contribution in [3.63, 3.8) is 0 Å². The van der Waals surface area contributed by atoms with Crippen molar-refractivity contribution < 1.29 is 9.32 Å². The van der Waals surface area contributed by atoms with Gasteiger partial charge in [-0.25, -0.2) is 0 Å². The van der Waals surface area contributed by atoms with E-state index < -0.39 is 0 Å². The lowest BCUT2D eigenvalue weighted by Gasteiger charge is -2.02. The summed E-state index contributed by atoms with van der Waals surface area (Å²) in [7, 11) is 0. The van der Waals surface area contributed by atoms with Gasteiger partial charge in [0.2, 0.25) is 5.89 Å². The van der Waals surface area contributed by atoms with E-state index in [-0.39, 0.29) is 11.7 Å². The number of amides is 1. The number of benzene rings is 1. The Hall–Kier alpha value is -2.83. The van der Waals surface area contributed by atoms with Crippen molar-refractivity contribution in [1.82, 2.24) is 20.4 Å². The number of nitrogens with zero attached hydrogens (tertiary/aromatic N) is 2. The number of nitrogens with one attached hydrogen (secondary N) is 2. The molecule has 0 aliphatic heterocycles. The molecule has 0 saturated heterocycles. The van der Waals surface area contributed by atoms with Gasteiger partial charge in [0.15, 0.2) is 0 Å². The molecular formula is C21H20Cl2N4O2. The fraction of sp³-hybridized carbons (Fsp3) is 0.190. The largest absolute Gasteiger partial charge is 0.361 e. The number of rotatable bonds is 8. The van der Waals surface area contributed by atoms with Gasteiger partial charge in [-0.1, -0.05) is 47.1 Å². The number of aromatic nitrogens is 3. The summed E-state index contributed by atoms with van der Waals surface area (Å²) in [6, 6.07) is 5.66. The third kappa shape index (κ3) is 5.82. The van der Waals surface area contributed by atoms with Gasteiger partial charge in [-0.15, -0.1) is 0 Å². The Morgan fingerprint density at radius 3 is 3.03 bits per heavy atom. The topological polar surface area (TPSA) is 83.8 Å². The number of carbonyl (C=O) groups is 1. The van der Waals surface area contributed by atoms with Crippen molar-refractivity contribution in [3.05, 3.63) is 82.1 Å². The summed E-state index contributed by atoms with van der Waals surface area (Å²) in [5.41, 5.74) is 2.83. The second kappa shape index (κ2) is 9.58. The van der Waals surface area contributed by atoms with Crippen LogP contribution in [0.1, 0.15) is 29.0 Å². The van der Waals surface area contributed by atoms with Gasteiger partial charge in [0.05, 0.1) is 6.42 Å². The highest BCUT2D eigenvalue weighted by Crippen LogP contribution is 2.22. The molecular weight excluding hydrogens is 411 g/mol. The van der Waals surface area contributed by atoms with Crippen molar-refractivity contribution in [1.29, 1.82) is 0 Å². The summed E-state index contributed by atoms with van der Waals surface area (Å²) in [6.45, 7) is 6.13. The molecule has 1 aromatic carbocycles. The molecule has 0 aliphatic carbocycles. The van der Waals surface area contributed by atoms with E-state index in [1.807, 2.05) is 24.4 Å². The minimum atomic E-state index is -0.389. The zero-order valence-electron chi connectivity index (χ0n) is 15.8. The average Bonchev–Trinajstić information content (AvgIpc) is 3.28. The summed E-state index contributed by atoms with van der Waals surface area (Å²) in [5, 5.41) is 8.92. The van der Waals surface area contributed by atoms with Crippen LogP contribution in [0.25, 0.3) is 10.9 Å². The van der Waals surface area contributed by atoms with Crippen molar-refractivity contribution in [2.75, 3.05) is 6.54 Å². The molecule has 6 nitrogen and oxygen atoms in total. The van der Waals surface area contributed by atoms with Crippen LogP contribution in [0, 0.1) is 0 Å². The van der Waals surface area contributed by atoms with Crippen LogP contribution in [0.15, 0.2) is 64.3 Å². The van der Waals surface area contributed by atoms with E-state index in [1.165, 1.54) is 0 Å². The van der Waals surface area contributed by atoms with Crippen LogP contribution in [0.5, 0.6) is 0 Å². The number of fused-ring (bicyclic) bond motifs is 1. The molecule has 3 rings (SSSR count). The van der Waals surface area contributed by atoms with E-state index in [0.717, 1.165) is 22.0 Å². The van der Waals surface area contributed by atoms with Crippen LogP contribution >= 0.6 is 23.2 Å². The zero-order valence-corrected chi connectivity index (χ0v) is 17.3. The lowest BCUT2D eigenvalue weighted by molar-refractivity contribution is 0.0941. The summed E-state index contributed by atoms with van der Waals surface area (Å²) < 4.78 is 5.13. The van der Waals surface area contributed by atoms with Crippen LogP contribution in [0.2, 0.25) is 5.02 Å². The van der Waals surface area contributed by atoms with E-state index in [0.29, 0.717) is 35.3 Å². The monoisotopic (exact) mass is 430 g/mol. The third-order valence-corrected chi connectivity index (χ3v) is 4.48. The maximum Gasteiger partial charge on any atom is 0.292 e. The average molecular weight is 431 g/mol. The molecule has 0 radical (unpaired) electrons. The molecule has 0 saturated carbocycles. The Morgan fingerprint density at radius 1 is 1.41 bits per heavy atom. The van der Waals surface area contributed by atoms with Gasteiger partial charge >= 0.3 is 0 Å². The quantitative estimate of drug-likeness (QED) is 0.493. The van der Waals surface area contributed by atoms with Gasteiger partial charge in [-0.05, 0) is 48.8 Å². The van der Waals surface area contributed by atoms with Gasteiger partial charge in [-0.3, -0.25) is 4.79 Å². The number of allylic oxidation sites excluding steroid dienone is 5. The molecule has 0 spiro atoms. The molecule has 0 bridgehead atoms. The Bertz CT molecular complexity index is 1090. The fourth-order valence-electron chi connectivity index (χ4n) is 2.74. The Balaban J connectivity index is 1.52. The second-order valence-corrected chi connectivity index (χ2v) is 7.50. The number of carbonyl (C=O) groups excluding carboxylic acids is 1. The number of hydrogen-bond donors (Lipinski definition) is 2. The molecule has 0 aliphatic rings. The van der Waals surface area contributed by atoms with Gasteiger partial charge in [0, 0.05) is 33.7 Å². The lowest BCUT2D eigenvalue weighted by atomic mass is 10.1. The zero-order chi connectivity index (χ0) is 20.8. The van der Waals surface area contributed by atoms with Crippen LogP contribution in [-0.4, -0.2) is 27.6 Å². The first-order valence-corrected chi connectivity index (χ1v) is 9.72. The first-order valence-electron chi connectivity index (χ1n) is 8.97. The number of halogens is 2. The lowest BCUT2D eigenvalue weighted by Crippen LogP contribution is -2.26. The highest BCUT2D eigenvalue weighted by atomic mass is 35.5. The molecule has 0 unspecified atom stereocenters. The van der Waals surface area contributed by atoms with Crippen LogP contribution in [0.4, 0.5) is 0 Å². The molecule has 1 amide bonds. The SMILES string of the molecule is C=C(/C=C\C=C(/C)Cl)Cc1nc(C(=O)NCCc2c[nH]c3ccc(Cl)cc23)no1. The molecule has 150 valence electrons. The maximum atomic E-state index is 12.3. The first kappa shape index (κ1) is 20.9. The Kier molecular flexibility index (Phi) is 6.90. The van der Waals surface area contributed by atoms with Gasteiger partial charge < -0.3 is 14.8 Å². The molecule has 3 aromatic rings. The normalized spacial score (nSPS) is 12.0. The van der Waals surface area contributed by atoms with Crippen molar-refractivity contribution in [3.8, 4) is 0 Å². The molecule has 2 heterocycles. The van der Waals surface area contributed by atoms with Crippen molar-refractivity contribution in [2.24, 2.45) is 0 Å². The Labute approximate surface area is 178 Å². The Morgan fingerprint density at radius 2 is 2.24 bits per heavy atom. The van der Waals surface area contributed by atoms with E-state index in [4.69, 9.17) is 27.7 Å². The van der Waals surface area contributed by atoms with E-state index in [1.54, 1.807) is 25.2 Å². The minimum Gasteiger partial charge on any atom is -0.361 e. The van der Waals surface area contributed by atoms with Gasteiger partial charge in [-0.2, -0.15) is 4.98 Å². The summed E-state index contributed by atoms with van der Waals surface area (Å²) in [6.07, 6.45) is 8.24. The number of aromatic amines is 1. The highest BCUT2D eigenvalue weighted by molar-refractivity contribution is 6.31. The van der Waals surface area contributed by atoms with E-state index >= 15 is 0 Å². The van der Waals surface area contributed by atoms with Crippen molar-refractivity contribution in [2.45, 2.75) is 19.8 Å². The number of hydrogen-bond acceptors (Lipinski definition) is 4. The van der Waals surface area contributed by atoms with Gasteiger partial charge in [0.25, 0.3) is 11.7 Å². The van der Waals surface area contributed by atoms with Crippen molar-refractivity contribution >= 4 is 40.0 Å². The third-order valence-electron chi connectivity index (χ3n) is 4.12. The first-order chi connectivity index (χ1) is 13.9. The second-order valence-electron chi connectivity index (χ2n) is 6.47. The van der Waals surface area contributed by atoms with E-state index in [9.17, 15) is 4.79 Å². The predicted octanol–water partition coefficient (Wildman–Crippen LogP) is 4.97. The molecule has 0 atom stereocenters. The fourth-order valence-corrected chi connectivity index (χ4v) is 2.98.